The molecule has 0 saturated heterocycles. The molecule has 36 heavy (non-hydrogen) atoms. The fourth-order valence-electron chi connectivity index (χ4n) is 5.80. The van der Waals surface area contributed by atoms with Crippen LogP contribution in [-0.2, 0) is 17.8 Å². The maximum atomic E-state index is 13.1. The SMILES string of the molecule is NC(=O)c1cnc(NC2CCCCC2N)nc1Nc1ccc2c(c1)CN(C(=O)C1CCCCC1)CC2. The largest absolute Gasteiger partial charge is 0.365 e. The minimum Gasteiger partial charge on any atom is -0.365 e. The Labute approximate surface area is 212 Å². The van der Waals surface area contributed by atoms with E-state index in [2.05, 4.69) is 26.7 Å². The third-order valence-corrected chi connectivity index (χ3v) is 7.94. The molecule has 6 N–H and O–H groups in total. The fraction of sp³-hybridized carbons (Fsp3) is 0.556. The Balaban J connectivity index is 1.33. The van der Waals surface area contributed by atoms with E-state index in [1.807, 2.05) is 17.0 Å². The summed E-state index contributed by atoms with van der Waals surface area (Å²) in [7, 11) is 0. The first-order valence-electron chi connectivity index (χ1n) is 13.3. The Bertz CT molecular complexity index is 1120. The molecule has 1 aromatic heterocycles. The number of nitrogens with zero attached hydrogens (tertiary/aromatic N) is 3. The van der Waals surface area contributed by atoms with Crippen molar-refractivity contribution in [3.8, 4) is 0 Å². The zero-order valence-electron chi connectivity index (χ0n) is 20.8. The van der Waals surface area contributed by atoms with Crippen molar-refractivity contribution in [3.63, 3.8) is 0 Å². The van der Waals surface area contributed by atoms with Gasteiger partial charge in [0.05, 0.1) is 0 Å². The van der Waals surface area contributed by atoms with Crippen LogP contribution in [0.3, 0.4) is 0 Å². The summed E-state index contributed by atoms with van der Waals surface area (Å²) in [6.07, 6.45) is 12.1. The molecule has 2 aromatic rings. The lowest BCUT2D eigenvalue weighted by molar-refractivity contribution is -0.137. The predicted molar refractivity (Wildman–Crippen MR) is 140 cm³/mol. The lowest BCUT2D eigenvalue weighted by Crippen LogP contribution is -2.43. The average molecular weight is 492 g/mol. The van der Waals surface area contributed by atoms with Crippen LogP contribution in [-0.4, -0.2) is 45.3 Å². The van der Waals surface area contributed by atoms with Gasteiger partial charge in [0.2, 0.25) is 11.9 Å². The van der Waals surface area contributed by atoms with Gasteiger partial charge in [0.25, 0.3) is 5.91 Å². The number of primary amides is 1. The van der Waals surface area contributed by atoms with Crippen LogP contribution >= 0.6 is 0 Å². The normalized spacial score (nSPS) is 22.5. The minimum atomic E-state index is -0.597. The van der Waals surface area contributed by atoms with Gasteiger partial charge in [-0.05, 0) is 55.4 Å². The molecule has 5 rings (SSSR count). The maximum Gasteiger partial charge on any atom is 0.254 e. The topological polar surface area (TPSA) is 139 Å². The molecule has 2 aliphatic carbocycles. The van der Waals surface area contributed by atoms with E-state index in [1.54, 1.807) is 0 Å². The van der Waals surface area contributed by atoms with Gasteiger partial charge in [0, 0.05) is 43.0 Å². The van der Waals surface area contributed by atoms with Crippen molar-refractivity contribution in [2.24, 2.45) is 17.4 Å². The highest BCUT2D eigenvalue weighted by molar-refractivity contribution is 5.98. The molecule has 2 saturated carbocycles. The summed E-state index contributed by atoms with van der Waals surface area (Å²) < 4.78 is 0. The van der Waals surface area contributed by atoms with Crippen molar-refractivity contribution in [2.75, 3.05) is 17.2 Å². The van der Waals surface area contributed by atoms with Crippen molar-refractivity contribution < 1.29 is 9.59 Å². The molecule has 0 radical (unpaired) electrons. The lowest BCUT2D eigenvalue weighted by Gasteiger charge is -2.33. The molecule has 1 aliphatic heterocycles. The number of benzene rings is 1. The van der Waals surface area contributed by atoms with E-state index < -0.39 is 5.91 Å². The molecular formula is C27H37N7O2. The van der Waals surface area contributed by atoms with E-state index in [9.17, 15) is 9.59 Å². The van der Waals surface area contributed by atoms with Crippen molar-refractivity contribution in [2.45, 2.75) is 82.8 Å². The Hall–Kier alpha value is -3.20. The number of carbonyl (C=O) groups is 2. The minimum absolute atomic E-state index is 0.0505. The van der Waals surface area contributed by atoms with Crippen LogP contribution < -0.4 is 22.1 Å². The summed E-state index contributed by atoms with van der Waals surface area (Å²) in [5, 5.41) is 6.61. The van der Waals surface area contributed by atoms with Crippen molar-refractivity contribution in [1.82, 2.24) is 14.9 Å². The first kappa shape index (κ1) is 24.5. The Morgan fingerprint density at radius 3 is 2.56 bits per heavy atom. The first-order chi connectivity index (χ1) is 17.5. The molecule has 0 spiro atoms. The molecule has 2 atom stereocenters. The summed E-state index contributed by atoms with van der Waals surface area (Å²) in [5.74, 6) is 0.647. The first-order valence-corrected chi connectivity index (χ1v) is 13.3. The standard InChI is InChI=1S/C27H37N7O2/c28-22-8-4-5-9-23(22)32-27-30-15-21(24(29)35)25(33-27)31-20-11-10-17-12-13-34(16-19(17)14-20)26(36)18-6-2-1-3-7-18/h10-11,14-15,18,22-23H,1-9,12-13,16,28H2,(H2,29,35)(H2,30,31,32,33). The number of hydrogen-bond acceptors (Lipinski definition) is 7. The molecule has 2 unspecified atom stereocenters. The van der Waals surface area contributed by atoms with Crippen LogP contribution in [0.2, 0.25) is 0 Å². The zero-order chi connectivity index (χ0) is 25.1. The van der Waals surface area contributed by atoms with E-state index in [0.29, 0.717) is 24.2 Å². The zero-order valence-corrected chi connectivity index (χ0v) is 20.8. The monoisotopic (exact) mass is 491 g/mol. The molecule has 2 amide bonds. The number of nitrogens with two attached hydrogens (primary N) is 2. The van der Waals surface area contributed by atoms with Crippen molar-refractivity contribution in [1.29, 1.82) is 0 Å². The van der Waals surface area contributed by atoms with Crippen LogP contribution in [0.4, 0.5) is 17.5 Å². The molecule has 1 aromatic carbocycles. The number of nitrogens with one attached hydrogen (secondary N) is 2. The number of rotatable bonds is 6. The molecule has 192 valence electrons. The van der Waals surface area contributed by atoms with Gasteiger partial charge in [-0.25, -0.2) is 4.98 Å². The molecule has 9 nitrogen and oxygen atoms in total. The third kappa shape index (κ3) is 5.46. The second-order valence-electron chi connectivity index (χ2n) is 10.5. The second-order valence-corrected chi connectivity index (χ2v) is 10.5. The van der Waals surface area contributed by atoms with Crippen molar-refractivity contribution >= 4 is 29.3 Å². The second kappa shape index (κ2) is 10.8. The summed E-state index contributed by atoms with van der Waals surface area (Å²) in [4.78, 5) is 36.1. The molecular weight excluding hydrogens is 454 g/mol. The van der Waals surface area contributed by atoms with Gasteiger partial charge in [-0.3, -0.25) is 9.59 Å². The van der Waals surface area contributed by atoms with E-state index >= 15 is 0 Å². The molecule has 2 fully saturated rings. The summed E-state index contributed by atoms with van der Waals surface area (Å²) in [6, 6.07) is 6.27. The van der Waals surface area contributed by atoms with E-state index in [-0.39, 0.29) is 23.6 Å². The summed E-state index contributed by atoms with van der Waals surface area (Å²) >= 11 is 0. The highest BCUT2D eigenvalue weighted by Gasteiger charge is 2.28. The number of fused-ring (bicyclic) bond motifs is 1. The van der Waals surface area contributed by atoms with Crippen LogP contribution in [0.1, 0.15) is 79.3 Å². The molecule has 0 bridgehead atoms. The van der Waals surface area contributed by atoms with Gasteiger partial charge in [-0.1, -0.05) is 38.2 Å². The summed E-state index contributed by atoms with van der Waals surface area (Å²) in [6.45, 7) is 1.38. The number of hydrogen-bond donors (Lipinski definition) is 4. The predicted octanol–water partition coefficient (Wildman–Crippen LogP) is 3.47. The number of aromatic nitrogens is 2. The van der Waals surface area contributed by atoms with Gasteiger partial charge in [-0.15, -0.1) is 0 Å². The van der Waals surface area contributed by atoms with Crippen LogP contribution in [0.15, 0.2) is 24.4 Å². The van der Waals surface area contributed by atoms with Gasteiger partial charge >= 0.3 is 0 Å². The average Bonchev–Trinajstić information content (AvgIpc) is 2.89. The van der Waals surface area contributed by atoms with Gasteiger partial charge in [0.1, 0.15) is 11.4 Å². The quantitative estimate of drug-likeness (QED) is 0.485. The Morgan fingerprint density at radius 1 is 1.00 bits per heavy atom. The van der Waals surface area contributed by atoms with Gasteiger partial charge < -0.3 is 27.0 Å². The highest BCUT2D eigenvalue weighted by Crippen LogP contribution is 2.30. The van der Waals surface area contributed by atoms with Gasteiger partial charge in [-0.2, -0.15) is 4.98 Å². The molecule has 2 heterocycles. The van der Waals surface area contributed by atoms with Crippen LogP contribution in [0.5, 0.6) is 0 Å². The summed E-state index contributed by atoms with van der Waals surface area (Å²) in [5.41, 5.74) is 15.3. The Kier molecular flexibility index (Phi) is 7.36. The fourth-order valence-corrected chi connectivity index (χ4v) is 5.80. The smallest absolute Gasteiger partial charge is 0.254 e. The van der Waals surface area contributed by atoms with E-state index in [4.69, 9.17) is 11.5 Å². The molecule has 9 heteroatoms. The van der Waals surface area contributed by atoms with E-state index in [0.717, 1.165) is 75.6 Å². The molecule has 3 aliphatic rings. The lowest BCUT2D eigenvalue weighted by atomic mass is 9.87. The van der Waals surface area contributed by atoms with Crippen LogP contribution in [0.25, 0.3) is 0 Å². The third-order valence-electron chi connectivity index (χ3n) is 7.94. The highest BCUT2D eigenvalue weighted by atomic mass is 16.2. The number of anilines is 3. The number of amides is 2. The maximum absolute atomic E-state index is 13.1. The Morgan fingerprint density at radius 2 is 1.78 bits per heavy atom. The van der Waals surface area contributed by atoms with Crippen molar-refractivity contribution in [3.05, 3.63) is 41.1 Å². The number of carbonyl (C=O) groups excluding carboxylic acids is 2. The van der Waals surface area contributed by atoms with E-state index in [1.165, 1.54) is 18.2 Å². The van der Waals surface area contributed by atoms with Gasteiger partial charge in [0.15, 0.2) is 0 Å². The van der Waals surface area contributed by atoms with Crippen LogP contribution in [0, 0.1) is 5.92 Å².